The maximum atomic E-state index is 12.2. The first-order chi connectivity index (χ1) is 10.6. The summed E-state index contributed by atoms with van der Waals surface area (Å²) in [4.78, 5) is 12.2. The molecule has 5 nitrogen and oxygen atoms in total. The van der Waals surface area contributed by atoms with Gasteiger partial charge in [0.1, 0.15) is 0 Å². The second kappa shape index (κ2) is 5.44. The predicted octanol–water partition coefficient (Wildman–Crippen LogP) is 2.59. The number of methoxy groups -OCH3 is 2. The van der Waals surface area contributed by atoms with Crippen molar-refractivity contribution in [1.29, 1.82) is 0 Å². The van der Waals surface area contributed by atoms with Crippen LogP contribution < -0.4 is 20.6 Å². The lowest BCUT2D eigenvalue weighted by Gasteiger charge is -2.14. The summed E-state index contributed by atoms with van der Waals surface area (Å²) in [6, 6.07) is 12.5. The first-order valence-electron chi connectivity index (χ1n) is 6.77. The van der Waals surface area contributed by atoms with E-state index in [1.165, 1.54) is 6.07 Å². The number of nitrogens with zero attached hydrogens (tertiary/aromatic N) is 1. The van der Waals surface area contributed by atoms with Crippen molar-refractivity contribution in [3.8, 4) is 17.2 Å². The summed E-state index contributed by atoms with van der Waals surface area (Å²) < 4.78 is 12.5. The minimum atomic E-state index is -0.0670. The van der Waals surface area contributed by atoms with Crippen LogP contribution in [0.25, 0.3) is 16.6 Å². The minimum absolute atomic E-state index is 0.0670. The zero-order chi connectivity index (χ0) is 15.7. The van der Waals surface area contributed by atoms with Gasteiger partial charge in [0.2, 0.25) is 0 Å². The van der Waals surface area contributed by atoms with Crippen molar-refractivity contribution in [2.75, 3.05) is 20.0 Å². The van der Waals surface area contributed by atoms with Crippen molar-refractivity contribution in [3.63, 3.8) is 0 Å². The molecule has 3 aromatic rings. The van der Waals surface area contributed by atoms with Gasteiger partial charge < -0.3 is 19.8 Å². The molecule has 0 spiro atoms. The molecule has 112 valence electrons. The number of pyridine rings is 1. The summed E-state index contributed by atoms with van der Waals surface area (Å²) in [6.45, 7) is 0. The predicted molar refractivity (Wildman–Crippen MR) is 87.1 cm³/mol. The van der Waals surface area contributed by atoms with Gasteiger partial charge in [0.25, 0.3) is 0 Å². The van der Waals surface area contributed by atoms with Gasteiger partial charge in [-0.3, -0.25) is 4.79 Å². The van der Waals surface area contributed by atoms with Crippen LogP contribution in [-0.4, -0.2) is 18.8 Å². The fraction of sp³-hybridized carbons (Fsp3) is 0.118. The van der Waals surface area contributed by atoms with Gasteiger partial charge in [-0.1, -0.05) is 0 Å². The maximum Gasteiger partial charge on any atom is 0.189 e. The standard InChI is InChI=1S/C17H16N2O3/c1-21-16-9-13-14(10-17(16)22-2)19(8-7-15(13)20)12-5-3-11(18)4-6-12/h3-10H,18H2,1-2H3. The topological polar surface area (TPSA) is 66.5 Å². The van der Waals surface area contributed by atoms with Gasteiger partial charge in [0.05, 0.1) is 19.7 Å². The molecule has 5 heteroatoms. The van der Waals surface area contributed by atoms with Crippen LogP contribution in [0.2, 0.25) is 0 Å². The molecule has 0 saturated carbocycles. The lowest BCUT2D eigenvalue weighted by atomic mass is 10.1. The van der Waals surface area contributed by atoms with Gasteiger partial charge in [-0.2, -0.15) is 0 Å². The Balaban J connectivity index is 2.34. The van der Waals surface area contributed by atoms with E-state index in [9.17, 15) is 4.79 Å². The summed E-state index contributed by atoms with van der Waals surface area (Å²) in [7, 11) is 3.11. The van der Waals surface area contributed by atoms with Crippen molar-refractivity contribution < 1.29 is 9.47 Å². The molecule has 3 rings (SSSR count). The molecule has 0 aliphatic heterocycles. The molecule has 2 aromatic carbocycles. The molecule has 22 heavy (non-hydrogen) atoms. The smallest absolute Gasteiger partial charge is 0.189 e. The molecule has 0 aliphatic carbocycles. The minimum Gasteiger partial charge on any atom is -0.493 e. The Kier molecular flexibility index (Phi) is 3.47. The monoisotopic (exact) mass is 296 g/mol. The molecular formula is C17H16N2O3. The Hall–Kier alpha value is -2.95. The summed E-state index contributed by atoms with van der Waals surface area (Å²) in [6.07, 6.45) is 1.74. The van der Waals surface area contributed by atoms with Crippen LogP contribution >= 0.6 is 0 Å². The number of hydrogen-bond acceptors (Lipinski definition) is 4. The SMILES string of the molecule is COc1cc2c(=O)ccn(-c3ccc(N)cc3)c2cc1OC. The second-order valence-corrected chi connectivity index (χ2v) is 4.87. The third kappa shape index (κ3) is 2.26. The molecule has 1 heterocycles. The molecule has 0 aliphatic rings. The highest BCUT2D eigenvalue weighted by atomic mass is 16.5. The Morgan fingerprint density at radius 1 is 0.955 bits per heavy atom. The van der Waals surface area contributed by atoms with Crippen molar-refractivity contribution in [2.45, 2.75) is 0 Å². The first kappa shape index (κ1) is 14.0. The molecule has 0 fully saturated rings. The molecule has 1 aromatic heterocycles. The van der Waals surface area contributed by atoms with Gasteiger partial charge in [-0.25, -0.2) is 0 Å². The van der Waals surface area contributed by atoms with E-state index in [0.29, 0.717) is 22.6 Å². The Bertz CT molecular complexity index is 883. The number of ether oxygens (including phenoxy) is 2. The maximum absolute atomic E-state index is 12.2. The van der Waals surface area contributed by atoms with E-state index < -0.39 is 0 Å². The normalized spacial score (nSPS) is 10.6. The third-order valence-electron chi connectivity index (χ3n) is 3.57. The van der Waals surface area contributed by atoms with Gasteiger partial charge in [-0.15, -0.1) is 0 Å². The number of aromatic nitrogens is 1. The lowest BCUT2D eigenvalue weighted by Crippen LogP contribution is -2.07. The van der Waals surface area contributed by atoms with E-state index in [2.05, 4.69) is 0 Å². The highest BCUT2D eigenvalue weighted by Crippen LogP contribution is 2.31. The Morgan fingerprint density at radius 3 is 2.23 bits per heavy atom. The molecule has 0 atom stereocenters. The number of hydrogen-bond donors (Lipinski definition) is 1. The van der Waals surface area contributed by atoms with Gasteiger partial charge in [0.15, 0.2) is 16.9 Å². The average Bonchev–Trinajstić information content (AvgIpc) is 2.55. The van der Waals surface area contributed by atoms with Crippen molar-refractivity contribution >= 4 is 16.6 Å². The highest BCUT2D eigenvalue weighted by molar-refractivity contribution is 5.84. The molecule has 0 bridgehead atoms. The summed E-state index contributed by atoms with van der Waals surface area (Å²) in [5.74, 6) is 1.10. The van der Waals surface area contributed by atoms with Crippen molar-refractivity contribution in [3.05, 3.63) is 58.9 Å². The first-order valence-corrected chi connectivity index (χ1v) is 6.77. The summed E-state index contributed by atoms with van der Waals surface area (Å²) in [5, 5.41) is 0.567. The third-order valence-corrected chi connectivity index (χ3v) is 3.57. The van der Waals surface area contributed by atoms with E-state index in [0.717, 1.165) is 11.2 Å². The Morgan fingerprint density at radius 2 is 1.59 bits per heavy atom. The number of anilines is 1. The van der Waals surface area contributed by atoms with E-state index in [-0.39, 0.29) is 5.43 Å². The van der Waals surface area contributed by atoms with Crippen LogP contribution in [0.15, 0.2) is 53.5 Å². The van der Waals surface area contributed by atoms with Gasteiger partial charge in [0, 0.05) is 35.1 Å². The number of nitrogens with two attached hydrogens (primary N) is 1. The zero-order valence-corrected chi connectivity index (χ0v) is 12.4. The molecule has 2 N–H and O–H groups in total. The molecule has 0 unspecified atom stereocenters. The highest BCUT2D eigenvalue weighted by Gasteiger charge is 2.11. The second-order valence-electron chi connectivity index (χ2n) is 4.87. The lowest BCUT2D eigenvalue weighted by molar-refractivity contribution is 0.355. The van der Waals surface area contributed by atoms with Gasteiger partial charge in [-0.05, 0) is 30.3 Å². The Labute approximate surface area is 127 Å². The van der Waals surface area contributed by atoms with Crippen molar-refractivity contribution in [1.82, 2.24) is 4.57 Å². The average molecular weight is 296 g/mol. The largest absolute Gasteiger partial charge is 0.493 e. The van der Waals surface area contributed by atoms with Crippen LogP contribution in [0.4, 0.5) is 5.69 Å². The van der Waals surface area contributed by atoms with Crippen molar-refractivity contribution in [2.24, 2.45) is 0 Å². The number of fused-ring (bicyclic) bond motifs is 1. The summed E-state index contributed by atoms with van der Waals surface area (Å²) in [5.41, 5.74) is 8.00. The molecule has 0 radical (unpaired) electrons. The molecular weight excluding hydrogens is 280 g/mol. The number of benzene rings is 2. The fourth-order valence-electron chi connectivity index (χ4n) is 2.44. The van der Waals surface area contributed by atoms with E-state index in [1.807, 2.05) is 28.8 Å². The number of rotatable bonds is 3. The van der Waals surface area contributed by atoms with Crippen LogP contribution in [0.1, 0.15) is 0 Å². The number of nitrogen functional groups attached to an aromatic ring is 1. The zero-order valence-electron chi connectivity index (χ0n) is 12.4. The van der Waals surface area contributed by atoms with Crippen LogP contribution in [0.5, 0.6) is 11.5 Å². The van der Waals surface area contributed by atoms with Crippen LogP contribution in [0, 0.1) is 0 Å². The quantitative estimate of drug-likeness (QED) is 0.754. The van der Waals surface area contributed by atoms with E-state index in [1.54, 1.807) is 32.5 Å². The van der Waals surface area contributed by atoms with E-state index >= 15 is 0 Å². The summed E-state index contributed by atoms with van der Waals surface area (Å²) >= 11 is 0. The molecule has 0 saturated heterocycles. The van der Waals surface area contributed by atoms with Crippen LogP contribution in [-0.2, 0) is 0 Å². The van der Waals surface area contributed by atoms with E-state index in [4.69, 9.17) is 15.2 Å². The fourth-order valence-corrected chi connectivity index (χ4v) is 2.44. The van der Waals surface area contributed by atoms with Crippen LogP contribution in [0.3, 0.4) is 0 Å². The van der Waals surface area contributed by atoms with Gasteiger partial charge >= 0.3 is 0 Å². The molecule has 0 amide bonds.